The molecule has 0 aliphatic heterocycles. The molecule has 2 aliphatic rings. The van der Waals surface area contributed by atoms with Gasteiger partial charge in [-0.3, -0.25) is 0 Å². The molecule has 1 fully saturated rings. The lowest BCUT2D eigenvalue weighted by Crippen LogP contribution is -2.51. The van der Waals surface area contributed by atoms with Gasteiger partial charge in [0.05, 0.1) is 0 Å². The van der Waals surface area contributed by atoms with Gasteiger partial charge in [0.15, 0.2) is 0 Å². The first kappa shape index (κ1) is 36.2. The standard InChI is InChI=1S/C45H59O2Si2/c1-28(2)48(29(3)4,30(5)6)46-42-26-36-18-13-15-22-38(36)44-40(42)24-34-20-17-21-35(34)25-41-43(27-37-19-14-16-23-39(37)45(41)44)47-49(31(7)8,32(9)10)33(11)12/h13-23,26-33H,24-25H2,1-12H3. The van der Waals surface area contributed by atoms with E-state index in [1.165, 1.54) is 55.6 Å². The summed E-state index contributed by atoms with van der Waals surface area (Å²) in [6.45, 7) is 28.8. The van der Waals surface area contributed by atoms with Gasteiger partial charge in [-0.05, 0) is 122 Å². The quantitative estimate of drug-likeness (QED) is 0.155. The van der Waals surface area contributed by atoms with Crippen LogP contribution in [0.25, 0.3) is 32.7 Å². The molecular weight excluding hydrogens is 629 g/mol. The zero-order chi connectivity index (χ0) is 35.4. The van der Waals surface area contributed by atoms with E-state index in [4.69, 9.17) is 8.85 Å². The van der Waals surface area contributed by atoms with E-state index in [-0.39, 0.29) is 0 Å². The highest BCUT2D eigenvalue weighted by Gasteiger charge is 2.49. The molecule has 0 spiro atoms. The summed E-state index contributed by atoms with van der Waals surface area (Å²) in [5, 5.41) is 5.09. The fourth-order valence-electron chi connectivity index (χ4n) is 10.1. The number of fused-ring (bicyclic) bond motifs is 8. The van der Waals surface area contributed by atoms with Crippen LogP contribution in [0.4, 0.5) is 0 Å². The summed E-state index contributed by atoms with van der Waals surface area (Å²) in [7, 11) is -4.53. The molecule has 6 rings (SSSR count). The van der Waals surface area contributed by atoms with E-state index in [2.05, 4.69) is 163 Å². The minimum absolute atomic E-state index is 0.479. The maximum absolute atomic E-state index is 7.73. The Hall–Kier alpha value is -2.57. The van der Waals surface area contributed by atoms with Crippen molar-refractivity contribution in [2.24, 2.45) is 0 Å². The fourth-order valence-corrected chi connectivity index (χ4v) is 20.7. The van der Waals surface area contributed by atoms with E-state index < -0.39 is 16.6 Å². The Morgan fingerprint density at radius 3 is 1.12 bits per heavy atom. The van der Waals surface area contributed by atoms with Crippen molar-refractivity contribution in [3.05, 3.63) is 103 Å². The predicted octanol–water partition coefficient (Wildman–Crippen LogP) is 13.6. The molecule has 0 bridgehead atoms. The molecule has 4 aromatic rings. The van der Waals surface area contributed by atoms with E-state index in [1.54, 1.807) is 0 Å². The predicted molar refractivity (Wildman–Crippen MR) is 217 cm³/mol. The van der Waals surface area contributed by atoms with Crippen LogP contribution in [0.1, 0.15) is 94.2 Å². The molecule has 0 aromatic heterocycles. The Balaban J connectivity index is 1.75. The van der Waals surface area contributed by atoms with Crippen LogP contribution < -0.4 is 8.85 Å². The minimum Gasteiger partial charge on any atom is -0.542 e. The van der Waals surface area contributed by atoms with Crippen LogP contribution in [0.2, 0.25) is 33.2 Å². The monoisotopic (exact) mass is 687 g/mol. The third-order valence-corrected chi connectivity index (χ3v) is 24.2. The molecule has 1 saturated carbocycles. The van der Waals surface area contributed by atoms with Crippen LogP contribution in [-0.4, -0.2) is 16.6 Å². The van der Waals surface area contributed by atoms with Crippen LogP contribution in [0, 0.1) is 31.1 Å². The first-order valence-electron chi connectivity index (χ1n) is 18.9. The average Bonchev–Trinajstić information content (AvgIpc) is 3.46. The zero-order valence-electron chi connectivity index (χ0n) is 32.2. The summed E-state index contributed by atoms with van der Waals surface area (Å²) in [5.74, 6) is 4.97. The number of benzene rings is 4. The van der Waals surface area contributed by atoms with Gasteiger partial charge in [0, 0.05) is 11.1 Å². The lowest BCUT2D eigenvalue weighted by atomic mass is 9.75. The van der Waals surface area contributed by atoms with Crippen molar-refractivity contribution in [2.75, 3.05) is 0 Å². The normalized spacial score (nSPS) is 16.3. The van der Waals surface area contributed by atoms with E-state index in [0.29, 0.717) is 33.2 Å². The Morgan fingerprint density at radius 2 is 0.796 bits per heavy atom. The average molecular weight is 688 g/mol. The maximum Gasteiger partial charge on any atom is 0.258 e. The molecule has 0 unspecified atom stereocenters. The first-order chi connectivity index (χ1) is 23.2. The van der Waals surface area contributed by atoms with E-state index in [0.717, 1.165) is 24.3 Å². The molecule has 4 heteroatoms. The topological polar surface area (TPSA) is 18.5 Å². The summed E-state index contributed by atoms with van der Waals surface area (Å²) in [4.78, 5) is 0. The van der Waals surface area contributed by atoms with Gasteiger partial charge >= 0.3 is 0 Å². The smallest absolute Gasteiger partial charge is 0.258 e. The third kappa shape index (κ3) is 6.01. The van der Waals surface area contributed by atoms with Gasteiger partial charge in [-0.25, -0.2) is 0 Å². The van der Waals surface area contributed by atoms with E-state index >= 15 is 0 Å². The van der Waals surface area contributed by atoms with Crippen molar-refractivity contribution in [1.29, 1.82) is 0 Å². The highest BCUT2D eigenvalue weighted by molar-refractivity contribution is 6.78. The minimum atomic E-state index is -2.26. The third-order valence-electron chi connectivity index (χ3n) is 12.2. The number of hydrogen-bond donors (Lipinski definition) is 0. The van der Waals surface area contributed by atoms with Gasteiger partial charge < -0.3 is 8.85 Å². The van der Waals surface area contributed by atoms with Gasteiger partial charge in [0.25, 0.3) is 16.6 Å². The Morgan fingerprint density at radius 1 is 0.469 bits per heavy atom. The zero-order valence-corrected chi connectivity index (χ0v) is 34.2. The van der Waals surface area contributed by atoms with Crippen molar-refractivity contribution >= 4 is 38.2 Å². The summed E-state index contributed by atoms with van der Waals surface area (Å²) in [6, 6.07) is 22.8. The molecule has 2 aliphatic carbocycles. The first-order valence-corrected chi connectivity index (χ1v) is 23.2. The second-order valence-electron chi connectivity index (χ2n) is 16.7. The number of rotatable bonds is 10. The van der Waals surface area contributed by atoms with Crippen molar-refractivity contribution in [1.82, 2.24) is 0 Å². The van der Waals surface area contributed by atoms with E-state index in [9.17, 15) is 0 Å². The molecule has 5 radical (unpaired) electrons. The summed E-state index contributed by atoms with van der Waals surface area (Å²) >= 11 is 0. The summed E-state index contributed by atoms with van der Waals surface area (Å²) in [5.41, 5.74) is 8.20. The van der Waals surface area contributed by atoms with Crippen LogP contribution in [0.15, 0.2) is 60.7 Å². The Kier molecular flexibility index (Phi) is 10.3. The van der Waals surface area contributed by atoms with Gasteiger partial charge in [-0.2, -0.15) is 0 Å². The Labute approximate surface area is 300 Å². The molecule has 259 valence electrons. The van der Waals surface area contributed by atoms with Gasteiger partial charge in [-0.1, -0.05) is 132 Å². The molecule has 2 nitrogen and oxygen atoms in total. The van der Waals surface area contributed by atoms with Gasteiger partial charge in [0.2, 0.25) is 0 Å². The molecular formula is C45H59O2Si2. The van der Waals surface area contributed by atoms with Crippen LogP contribution in [0.5, 0.6) is 11.5 Å². The molecule has 0 heterocycles. The fraction of sp³-hybridized carbons (Fsp3) is 0.444. The van der Waals surface area contributed by atoms with Crippen molar-refractivity contribution in [3.63, 3.8) is 0 Å². The largest absolute Gasteiger partial charge is 0.542 e. The molecule has 0 atom stereocenters. The lowest BCUT2D eigenvalue weighted by molar-refractivity contribution is 0.474. The highest BCUT2D eigenvalue weighted by Crippen LogP contribution is 2.55. The van der Waals surface area contributed by atoms with E-state index in [1.807, 2.05) is 0 Å². The van der Waals surface area contributed by atoms with Crippen molar-refractivity contribution in [2.45, 2.75) is 129 Å². The molecule has 49 heavy (non-hydrogen) atoms. The summed E-state index contributed by atoms with van der Waals surface area (Å²) < 4.78 is 15.5. The number of hydrogen-bond acceptors (Lipinski definition) is 2. The van der Waals surface area contributed by atoms with Crippen molar-refractivity contribution in [3.8, 4) is 22.6 Å². The molecule has 4 aromatic carbocycles. The van der Waals surface area contributed by atoms with Crippen LogP contribution in [0.3, 0.4) is 0 Å². The Bertz CT molecular complexity index is 1620. The second-order valence-corrected chi connectivity index (χ2v) is 27.4. The maximum atomic E-state index is 7.73. The molecule has 0 N–H and O–H groups in total. The lowest BCUT2D eigenvalue weighted by Gasteiger charge is -2.44. The molecule has 0 amide bonds. The molecule has 0 saturated heterocycles. The highest BCUT2D eigenvalue weighted by atomic mass is 28.4. The summed E-state index contributed by atoms with van der Waals surface area (Å²) in [6.07, 6.45) is 8.66. The van der Waals surface area contributed by atoms with Crippen LogP contribution in [-0.2, 0) is 12.8 Å². The SMILES string of the molecule is CC(C)[Si](Oc1cc2ccccc2c2c1C[C]1[CH][CH][CH][C]1Cc1c(O[Si](C(C)C)(C(C)C)C(C)C)cc3ccccc3c1-2)(C(C)C)C(C)C. The van der Waals surface area contributed by atoms with Gasteiger partial charge in [-0.15, -0.1) is 0 Å². The second kappa shape index (κ2) is 13.9. The van der Waals surface area contributed by atoms with Crippen LogP contribution >= 0.6 is 0 Å². The van der Waals surface area contributed by atoms with Gasteiger partial charge in [0.1, 0.15) is 11.5 Å². The van der Waals surface area contributed by atoms with Crippen molar-refractivity contribution < 1.29 is 8.85 Å².